The Kier molecular flexibility index (Phi) is 5.00. The standard InChI is InChI=1S/C14H13B2FN2O4/c15-19(7-12(21)23-16)14(22)13-11(20)5-9(6-18-13)8-2-1-3-10(17)4-8/h1-6,20H,7,15-16H2. The van der Waals surface area contributed by atoms with Gasteiger partial charge in [-0.25, -0.2) is 9.37 Å². The Bertz CT molecular complexity index is 757. The topological polar surface area (TPSA) is 79.7 Å². The first-order chi connectivity index (χ1) is 10.9. The van der Waals surface area contributed by atoms with Crippen molar-refractivity contribution in [2.75, 3.05) is 6.54 Å². The number of amides is 1. The number of halogens is 1. The van der Waals surface area contributed by atoms with Crippen molar-refractivity contribution < 1.29 is 23.7 Å². The maximum absolute atomic E-state index is 13.2. The number of carbonyl (C=O) groups excluding carboxylic acids is 2. The lowest BCUT2D eigenvalue weighted by Crippen LogP contribution is -2.34. The molecule has 0 radical (unpaired) electrons. The Labute approximate surface area is 133 Å². The third-order valence-corrected chi connectivity index (χ3v) is 3.17. The molecule has 0 aliphatic rings. The molecule has 0 aliphatic carbocycles. The molecule has 0 bridgehead atoms. The Balaban J connectivity index is 2.25. The van der Waals surface area contributed by atoms with Crippen molar-refractivity contribution in [3.63, 3.8) is 0 Å². The molecule has 6 nitrogen and oxygen atoms in total. The monoisotopic (exact) mass is 314 g/mol. The van der Waals surface area contributed by atoms with Crippen LogP contribution in [0.4, 0.5) is 4.39 Å². The van der Waals surface area contributed by atoms with Crippen molar-refractivity contribution in [1.29, 1.82) is 0 Å². The molecule has 9 heteroatoms. The highest BCUT2D eigenvalue weighted by atomic mass is 19.1. The Hall–Kier alpha value is -2.83. The number of aromatic hydroxyl groups is 1. The lowest BCUT2D eigenvalue weighted by Gasteiger charge is -2.16. The van der Waals surface area contributed by atoms with E-state index in [0.717, 1.165) is 4.81 Å². The van der Waals surface area contributed by atoms with Gasteiger partial charge in [-0.3, -0.25) is 9.59 Å². The smallest absolute Gasteiger partial charge is 0.326 e. The highest BCUT2D eigenvalue weighted by Gasteiger charge is 2.19. The van der Waals surface area contributed by atoms with E-state index in [2.05, 4.69) is 9.64 Å². The molecule has 0 aliphatic heterocycles. The molecule has 0 fully saturated rings. The summed E-state index contributed by atoms with van der Waals surface area (Å²) >= 11 is 0. The summed E-state index contributed by atoms with van der Waals surface area (Å²) in [7, 11) is 2.60. The second-order valence-corrected chi connectivity index (χ2v) is 4.84. The Morgan fingerprint density at radius 3 is 2.65 bits per heavy atom. The summed E-state index contributed by atoms with van der Waals surface area (Å²) in [5, 5.41) is 10.0. The van der Waals surface area contributed by atoms with Crippen LogP contribution in [0.2, 0.25) is 0 Å². The van der Waals surface area contributed by atoms with Crippen molar-refractivity contribution in [3.8, 4) is 16.9 Å². The number of pyridine rings is 1. The summed E-state index contributed by atoms with van der Waals surface area (Å²) in [6, 6.07) is 7.11. The summed E-state index contributed by atoms with van der Waals surface area (Å²) in [6.45, 7) is -0.262. The van der Waals surface area contributed by atoms with E-state index in [1.54, 1.807) is 6.07 Å². The van der Waals surface area contributed by atoms with Gasteiger partial charge in [0.25, 0.3) is 5.91 Å². The zero-order valence-electron chi connectivity index (χ0n) is 12.6. The summed E-state index contributed by atoms with van der Waals surface area (Å²) in [6.07, 6.45) is 1.35. The largest absolute Gasteiger partial charge is 0.542 e. The van der Waals surface area contributed by atoms with Gasteiger partial charge in [-0.2, -0.15) is 0 Å². The van der Waals surface area contributed by atoms with Crippen molar-refractivity contribution >= 4 is 27.9 Å². The molecule has 1 heterocycles. The maximum atomic E-state index is 13.2. The molecule has 1 amide bonds. The molecule has 0 saturated carbocycles. The number of rotatable bonds is 4. The minimum atomic E-state index is -0.626. The summed E-state index contributed by atoms with van der Waals surface area (Å²) in [5.74, 6) is -1.98. The normalized spacial score (nSPS) is 10.1. The molecule has 2 aromatic rings. The Morgan fingerprint density at radius 2 is 2.04 bits per heavy atom. The van der Waals surface area contributed by atoms with Crippen LogP contribution >= 0.6 is 0 Å². The predicted octanol–water partition coefficient (Wildman–Crippen LogP) is -0.325. The molecule has 116 valence electrons. The second-order valence-electron chi connectivity index (χ2n) is 4.84. The molecule has 1 N–H and O–H groups in total. The molecule has 0 saturated heterocycles. The van der Waals surface area contributed by atoms with Gasteiger partial charge in [-0.1, -0.05) is 12.1 Å². The van der Waals surface area contributed by atoms with Crippen LogP contribution in [-0.4, -0.2) is 49.4 Å². The lowest BCUT2D eigenvalue weighted by atomic mass is 10.1. The molecule has 0 atom stereocenters. The fourth-order valence-corrected chi connectivity index (χ4v) is 1.95. The van der Waals surface area contributed by atoms with Crippen LogP contribution in [-0.2, 0) is 9.45 Å². The predicted molar refractivity (Wildman–Crippen MR) is 85.5 cm³/mol. The lowest BCUT2D eigenvalue weighted by molar-refractivity contribution is -0.133. The van der Waals surface area contributed by atoms with Gasteiger partial charge in [0.1, 0.15) is 18.1 Å². The van der Waals surface area contributed by atoms with Crippen molar-refractivity contribution in [1.82, 2.24) is 9.79 Å². The minimum absolute atomic E-state index is 0.198. The summed E-state index contributed by atoms with van der Waals surface area (Å²) in [5.41, 5.74) is 0.792. The van der Waals surface area contributed by atoms with E-state index in [-0.39, 0.29) is 18.0 Å². The molecule has 0 unspecified atom stereocenters. The SMILES string of the molecule is BOC(=O)CN(B)C(=O)c1ncc(-c2cccc(F)c2)cc1O. The number of hydrogen-bond acceptors (Lipinski definition) is 5. The highest BCUT2D eigenvalue weighted by molar-refractivity contribution is 6.20. The van der Waals surface area contributed by atoms with Gasteiger partial charge in [0, 0.05) is 11.8 Å². The molecule has 2 rings (SSSR count). The maximum Gasteiger partial charge on any atom is 0.326 e. The first-order valence-electron chi connectivity index (χ1n) is 6.69. The van der Waals surface area contributed by atoms with Gasteiger partial charge >= 0.3 is 14.0 Å². The molecular weight excluding hydrogens is 301 g/mol. The van der Waals surface area contributed by atoms with Crippen LogP contribution in [0.3, 0.4) is 0 Å². The van der Waals surface area contributed by atoms with Gasteiger partial charge in [0.2, 0.25) is 7.98 Å². The first-order valence-corrected chi connectivity index (χ1v) is 6.69. The third-order valence-electron chi connectivity index (χ3n) is 3.17. The van der Waals surface area contributed by atoms with Gasteiger partial charge in [-0.05, 0) is 23.8 Å². The van der Waals surface area contributed by atoms with Crippen LogP contribution in [0.25, 0.3) is 11.1 Å². The zero-order valence-corrected chi connectivity index (χ0v) is 12.6. The van der Waals surface area contributed by atoms with Gasteiger partial charge < -0.3 is 14.6 Å². The number of benzene rings is 1. The fourth-order valence-electron chi connectivity index (χ4n) is 1.95. The number of aromatic nitrogens is 1. The number of hydrogen-bond donors (Lipinski definition) is 1. The number of carbonyl (C=O) groups is 2. The summed E-state index contributed by atoms with van der Waals surface area (Å²) in [4.78, 5) is 28.3. The van der Waals surface area contributed by atoms with Crippen LogP contribution in [0.5, 0.6) is 5.75 Å². The van der Waals surface area contributed by atoms with Crippen LogP contribution in [0.1, 0.15) is 10.5 Å². The van der Waals surface area contributed by atoms with Gasteiger partial charge in [-0.15, -0.1) is 0 Å². The van der Waals surface area contributed by atoms with Gasteiger partial charge in [0.15, 0.2) is 5.69 Å². The van der Waals surface area contributed by atoms with Crippen molar-refractivity contribution in [2.45, 2.75) is 0 Å². The average molecular weight is 314 g/mol. The minimum Gasteiger partial charge on any atom is -0.542 e. The molecule has 1 aromatic heterocycles. The van der Waals surface area contributed by atoms with Crippen molar-refractivity contribution in [3.05, 3.63) is 48.0 Å². The van der Waals surface area contributed by atoms with E-state index in [4.69, 9.17) is 0 Å². The number of nitrogens with zero attached hydrogens (tertiary/aromatic N) is 2. The molecule has 23 heavy (non-hydrogen) atoms. The van der Waals surface area contributed by atoms with E-state index in [1.165, 1.54) is 46.5 Å². The fraction of sp³-hybridized carbons (Fsp3) is 0.0714. The van der Waals surface area contributed by atoms with E-state index in [9.17, 15) is 19.1 Å². The first kappa shape index (κ1) is 16.5. The van der Waals surface area contributed by atoms with Crippen LogP contribution in [0, 0.1) is 5.82 Å². The molecular formula is C14H13B2FN2O4. The molecule has 1 aromatic carbocycles. The average Bonchev–Trinajstić information content (AvgIpc) is 2.53. The quantitative estimate of drug-likeness (QED) is 0.782. The van der Waals surface area contributed by atoms with E-state index < -0.39 is 17.7 Å². The zero-order chi connectivity index (χ0) is 17.0. The van der Waals surface area contributed by atoms with E-state index in [1.807, 2.05) is 0 Å². The molecule has 0 spiro atoms. The highest BCUT2D eigenvalue weighted by Crippen LogP contribution is 2.25. The Morgan fingerprint density at radius 1 is 1.30 bits per heavy atom. The second kappa shape index (κ2) is 6.95. The summed E-state index contributed by atoms with van der Waals surface area (Å²) < 4.78 is 17.7. The van der Waals surface area contributed by atoms with Gasteiger partial charge in [0.05, 0.1) is 0 Å². The van der Waals surface area contributed by atoms with Crippen molar-refractivity contribution in [2.24, 2.45) is 0 Å². The third kappa shape index (κ3) is 3.88. The van der Waals surface area contributed by atoms with E-state index >= 15 is 0 Å². The van der Waals surface area contributed by atoms with Crippen LogP contribution in [0.15, 0.2) is 36.5 Å². The van der Waals surface area contributed by atoms with Crippen LogP contribution < -0.4 is 0 Å². The van der Waals surface area contributed by atoms with E-state index in [0.29, 0.717) is 11.1 Å².